The van der Waals surface area contributed by atoms with Crippen LogP contribution in [-0.4, -0.2) is 16.7 Å². The number of carbonyl (C=O) groups is 2. The number of oxazole rings is 1. The second-order valence-corrected chi connectivity index (χ2v) is 4.99. The van der Waals surface area contributed by atoms with Crippen molar-refractivity contribution in [1.82, 2.24) is 4.98 Å². The van der Waals surface area contributed by atoms with Crippen LogP contribution in [0.4, 0.5) is 5.69 Å². The minimum absolute atomic E-state index is 0.0625. The van der Waals surface area contributed by atoms with Gasteiger partial charge in [-0.3, -0.25) is 9.59 Å². The largest absolute Gasteiger partial charge is 0.443 e. The van der Waals surface area contributed by atoms with Crippen LogP contribution in [0, 0.1) is 0 Å². The molecule has 3 aromatic rings. The zero-order chi connectivity index (χ0) is 16.2. The lowest BCUT2D eigenvalue weighted by Gasteiger charge is -2.06. The van der Waals surface area contributed by atoms with Crippen molar-refractivity contribution in [2.45, 2.75) is 6.92 Å². The van der Waals surface area contributed by atoms with Crippen molar-refractivity contribution in [2.24, 2.45) is 0 Å². The number of nitrogens with one attached hydrogen (secondary N) is 1. The van der Waals surface area contributed by atoms with E-state index in [-0.39, 0.29) is 11.5 Å². The van der Waals surface area contributed by atoms with Crippen LogP contribution in [0.5, 0.6) is 0 Å². The molecule has 0 saturated carbocycles. The van der Waals surface area contributed by atoms with Crippen LogP contribution in [0.15, 0.2) is 65.4 Å². The van der Waals surface area contributed by atoms with Gasteiger partial charge in [0.15, 0.2) is 23.6 Å². The zero-order valence-electron chi connectivity index (χ0n) is 12.4. The van der Waals surface area contributed by atoms with E-state index in [1.165, 1.54) is 13.3 Å². The SMILES string of the molecule is CC(=O)c1cccc(NC(=O)c2ncoc2-c2ccccc2)c1. The van der Waals surface area contributed by atoms with Crippen LogP contribution in [0.3, 0.4) is 0 Å². The lowest BCUT2D eigenvalue weighted by molar-refractivity contribution is 0.100. The molecule has 1 heterocycles. The molecule has 5 heteroatoms. The molecule has 0 spiro atoms. The highest BCUT2D eigenvalue weighted by molar-refractivity contribution is 6.07. The Balaban J connectivity index is 1.87. The van der Waals surface area contributed by atoms with Gasteiger partial charge in [0.25, 0.3) is 5.91 Å². The molecular formula is C18H14N2O3. The van der Waals surface area contributed by atoms with Crippen LogP contribution >= 0.6 is 0 Å². The molecule has 0 unspecified atom stereocenters. The Morgan fingerprint density at radius 3 is 2.57 bits per heavy atom. The smallest absolute Gasteiger partial charge is 0.278 e. The van der Waals surface area contributed by atoms with E-state index >= 15 is 0 Å². The maximum absolute atomic E-state index is 12.4. The minimum Gasteiger partial charge on any atom is -0.443 e. The van der Waals surface area contributed by atoms with Crippen molar-refractivity contribution in [3.8, 4) is 11.3 Å². The molecular weight excluding hydrogens is 292 g/mol. The van der Waals surface area contributed by atoms with E-state index in [9.17, 15) is 9.59 Å². The zero-order valence-corrected chi connectivity index (χ0v) is 12.4. The minimum atomic E-state index is -0.390. The predicted molar refractivity (Wildman–Crippen MR) is 86.3 cm³/mol. The summed E-state index contributed by atoms with van der Waals surface area (Å²) in [6.07, 6.45) is 1.24. The summed E-state index contributed by atoms with van der Waals surface area (Å²) in [7, 11) is 0. The second kappa shape index (κ2) is 6.27. The molecule has 0 fully saturated rings. The van der Waals surface area contributed by atoms with Crippen molar-refractivity contribution < 1.29 is 14.0 Å². The van der Waals surface area contributed by atoms with Gasteiger partial charge >= 0.3 is 0 Å². The number of anilines is 1. The van der Waals surface area contributed by atoms with Crippen molar-refractivity contribution in [2.75, 3.05) is 5.32 Å². The average molecular weight is 306 g/mol. The molecule has 0 aliphatic carbocycles. The van der Waals surface area contributed by atoms with Crippen LogP contribution in [-0.2, 0) is 0 Å². The maximum Gasteiger partial charge on any atom is 0.278 e. The summed E-state index contributed by atoms with van der Waals surface area (Å²) in [4.78, 5) is 27.8. The molecule has 23 heavy (non-hydrogen) atoms. The molecule has 0 radical (unpaired) electrons. The summed E-state index contributed by atoms with van der Waals surface area (Å²) in [5.74, 6) is -0.0448. The number of ketones is 1. The monoisotopic (exact) mass is 306 g/mol. The first kappa shape index (κ1) is 14.7. The number of hydrogen-bond acceptors (Lipinski definition) is 4. The average Bonchev–Trinajstić information content (AvgIpc) is 3.05. The first-order valence-corrected chi connectivity index (χ1v) is 7.06. The predicted octanol–water partition coefficient (Wildman–Crippen LogP) is 3.80. The standard InChI is InChI=1S/C18H14N2O3/c1-12(21)14-8-5-9-15(10-14)20-18(22)16-17(23-11-19-16)13-6-3-2-4-7-13/h2-11H,1H3,(H,20,22). The van der Waals surface area contributed by atoms with Crippen molar-refractivity contribution in [1.29, 1.82) is 0 Å². The summed E-state index contributed by atoms with van der Waals surface area (Å²) < 4.78 is 5.35. The van der Waals surface area contributed by atoms with Gasteiger partial charge in [0, 0.05) is 16.8 Å². The lowest BCUT2D eigenvalue weighted by Crippen LogP contribution is -2.13. The molecule has 1 N–H and O–H groups in total. The number of amides is 1. The van der Waals surface area contributed by atoms with Gasteiger partial charge in [-0.15, -0.1) is 0 Å². The Morgan fingerprint density at radius 2 is 1.83 bits per heavy atom. The van der Waals surface area contributed by atoms with Gasteiger partial charge in [0.1, 0.15) is 0 Å². The number of Topliss-reactive ketones (excluding diaryl/α,β-unsaturated/α-hetero) is 1. The normalized spacial score (nSPS) is 10.3. The van der Waals surface area contributed by atoms with E-state index in [2.05, 4.69) is 10.3 Å². The van der Waals surface area contributed by atoms with Gasteiger partial charge in [-0.05, 0) is 19.1 Å². The van der Waals surface area contributed by atoms with Crippen molar-refractivity contribution in [3.05, 3.63) is 72.2 Å². The van der Waals surface area contributed by atoms with E-state index in [0.29, 0.717) is 17.0 Å². The third kappa shape index (κ3) is 3.18. The van der Waals surface area contributed by atoms with Gasteiger partial charge in [-0.2, -0.15) is 0 Å². The number of carbonyl (C=O) groups excluding carboxylic acids is 2. The van der Waals surface area contributed by atoms with Crippen LogP contribution in [0.25, 0.3) is 11.3 Å². The van der Waals surface area contributed by atoms with Gasteiger partial charge in [0.2, 0.25) is 0 Å². The summed E-state index contributed by atoms with van der Waals surface area (Å²) in [6.45, 7) is 1.48. The number of rotatable bonds is 4. The molecule has 3 rings (SSSR count). The van der Waals surface area contributed by atoms with E-state index in [1.54, 1.807) is 24.3 Å². The van der Waals surface area contributed by atoms with E-state index in [1.807, 2.05) is 30.3 Å². The molecule has 0 bridgehead atoms. The Bertz CT molecular complexity index is 853. The fraction of sp³-hybridized carbons (Fsp3) is 0.0556. The van der Waals surface area contributed by atoms with E-state index in [4.69, 9.17) is 4.42 Å². The molecule has 1 aromatic heterocycles. The first-order valence-electron chi connectivity index (χ1n) is 7.06. The maximum atomic E-state index is 12.4. The molecule has 0 atom stereocenters. The highest BCUT2D eigenvalue weighted by atomic mass is 16.3. The second-order valence-electron chi connectivity index (χ2n) is 4.99. The fourth-order valence-electron chi connectivity index (χ4n) is 2.21. The molecule has 0 aliphatic heterocycles. The highest BCUT2D eigenvalue weighted by Gasteiger charge is 2.18. The number of hydrogen-bond donors (Lipinski definition) is 1. The topological polar surface area (TPSA) is 72.2 Å². The van der Waals surface area contributed by atoms with Crippen LogP contribution in [0.1, 0.15) is 27.8 Å². The molecule has 0 saturated heterocycles. The van der Waals surface area contributed by atoms with E-state index in [0.717, 1.165) is 5.56 Å². The summed E-state index contributed by atoms with van der Waals surface area (Å²) >= 11 is 0. The fourth-order valence-corrected chi connectivity index (χ4v) is 2.21. The van der Waals surface area contributed by atoms with Crippen LogP contribution in [0.2, 0.25) is 0 Å². The number of benzene rings is 2. The molecule has 5 nitrogen and oxygen atoms in total. The number of nitrogens with zero attached hydrogens (tertiary/aromatic N) is 1. The van der Waals surface area contributed by atoms with Crippen LogP contribution < -0.4 is 5.32 Å². The summed E-state index contributed by atoms with van der Waals surface area (Å²) in [5.41, 5.74) is 2.04. The third-order valence-electron chi connectivity index (χ3n) is 3.35. The quantitative estimate of drug-likeness (QED) is 0.744. The lowest BCUT2D eigenvalue weighted by atomic mass is 10.1. The summed E-state index contributed by atoms with van der Waals surface area (Å²) in [5, 5.41) is 2.74. The Labute approximate surface area is 133 Å². The van der Waals surface area contributed by atoms with Crippen molar-refractivity contribution in [3.63, 3.8) is 0 Å². The molecule has 0 aliphatic rings. The Kier molecular flexibility index (Phi) is 4.01. The third-order valence-corrected chi connectivity index (χ3v) is 3.35. The first-order chi connectivity index (χ1) is 11.1. The van der Waals surface area contributed by atoms with Gasteiger partial charge in [0.05, 0.1) is 0 Å². The molecule has 114 valence electrons. The van der Waals surface area contributed by atoms with Gasteiger partial charge < -0.3 is 9.73 Å². The Morgan fingerprint density at radius 1 is 1.04 bits per heavy atom. The van der Waals surface area contributed by atoms with Gasteiger partial charge in [-0.1, -0.05) is 42.5 Å². The Hall–Kier alpha value is -3.21. The van der Waals surface area contributed by atoms with Crippen molar-refractivity contribution >= 4 is 17.4 Å². The highest BCUT2D eigenvalue weighted by Crippen LogP contribution is 2.23. The molecule has 1 amide bonds. The number of aromatic nitrogens is 1. The summed E-state index contributed by atoms with van der Waals surface area (Å²) in [6, 6.07) is 16.0. The molecule has 2 aromatic carbocycles. The van der Waals surface area contributed by atoms with E-state index < -0.39 is 5.91 Å². The van der Waals surface area contributed by atoms with Gasteiger partial charge in [-0.25, -0.2) is 4.98 Å².